The maximum Gasteiger partial charge on any atom is 0.251 e. The van der Waals surface area contributed by atoms with E-state index in [1.54, 1.807) is 11.3 Å². The van der Waals surface area contributed by atoms with Crippen LogP contribution in [0.15, 0.2) is 36.7 Å². The molecule has 0 radical (unpaired) electrons. The highest BCUT2D eigenvalue weighted by Gasteiger charge is 2.25. The Morgan fingerprint density at radius 1 is 1.38 bits per heavy atom. The lowest BCUT2D eigenvalue weighted by atomic mass is 9.93. The summed E-state index contributed by atoms with van der Waals surface area (Å²) in [7, 11) is 0. The Morgan fingerprint density at radius 3 is 3.00 bits per heavy atom. The van der Waals surface area contributed by atoms with Gasteiger partial charge in [0, 0.05) is 11.3 Å². The molecule has 0 saturated heterocycles. The summed E-state index contributed by atoms with van der Waals surface area (Å²) in [5, 5.41) is 14.9. The molecule has 2 heterocycles. The van der Waals surface area contributed by atoms with Gasteiger partial charge in [-0.2, -0.15) is 0 Å². The fourth-order valence-electron chi connectivity index (χ4n) is 3.24. The number of tetrazole rings is 1. The van der Waals surface area contributed by atoms with Crippen LogP contribution in [-0.4, -0.2) is 31.1 Å². The van der Waals surface area contributed by atoms with Gasteiger partial charge in [0.15, 0.2) is 5.13 Å². The van der Waals surface area contributed by atoms with Crippen LogP contribution in [0.25, 0.3) is 0 Å². The molecule has 1 amide bonds. The Hall–Kier alpha value is -2.61. The van der Waals surface area contributed by atoms with E-state index < -0.39 is 6.04 Å². The average Bonchev–Trinajstić information content (AvgIpc) is 3.29. The van der Waals surface area contributed by atoms with E-state index in [4.69, 9.17) is 0 Å². The number of anilines is 1. The molecule has 2 atom stereocenters. The first kappa shape index (κ1) is 16.8. The van der Waals surface area contributed by atoms with Crippen LogP contribution in [-0.2, 0) is 24.1 Å². The lowest BCUT2D eigenvalue weighted by Crippen LogP contribution is -2.28. The highest BCUT2D eigenvalue weighted by Crippen LogP contribution is 2.32. The fourth-order valence-corrected chi connectivity index (χ4v) is 4.41. The summed E-state index contributed by atoms with van der Waals surface area (Å²) in [6, 6.07) is 9.34. The quantitative estimate of drug-likeness (QED) is 0.748. The number of benzene rings is 1. The predicted molar refractivity (Wildman–Crippen MR) is 98.9 cm³/mol. The van der Waals surface area contributed by atoms with E-state index in [1.165, 1.54) is 15.9 Å². The standard InChI is InChI=1S/C18H20N6OS/c1-12-7-8-14-16(9-12)26-18(20-14)21-17(25)15(24-11-19-22-23-24)10-13-5-3-2-4-6-13/h2-6,11-12,15H,7-10H2,1H3,(H,20,21,25)/t12-,15+/m1/s1. The summed E-state index contributed by atoms with van der Waals surface area (Å²) in [4.78, 5) is 18.8. The molecule has 0 unspecified atom stereocenters. The molecule has 26 heavy (non-hydrogen) atoms. The fraction of sp³-hybridized carbons (Fsp3) is 0.389. The number of carbonyl (C=O) groups excluding carboxylic acids is 1. The number of carbonyl (C=O) groups is 1. The topological polar surface area (TPSA) is 85.6 Å². The number of aryl methyl sites for hydroxylation is 1. The maximum atomic E-state index is 12.9. The van der Waals surface area contributed by atoms with Crippen molar-refractivity contribution in [3.8, 4) is 0 Å². The van der Waals surface area contributed by atoms with E-state index in [0.717, 1.165) is 30.5 Å². The molecule has 0 saturated carbocycles. The zero-order valence-corrected chi connectivity index (χ0v) is 15.3. The first-order valence-corrected chi connectivity index (χ1v) is 9.56. The van der Waals surface area contributed by atoms with Crippen molar-refractivity contribution in [1.29, 1.82) is 0 Å². The van der Waals surface area contributed by atoms with E-state index >= 15 is 0 Å². The number of nitrogens with zero attached hydrogens (tertiary/aromatic N) is 5. The molecule has 1 aliphatic rings. The Morgan fingerprint density at radius 2 is 2.23 bits per heavy atom. The molecule has 4 rings (SSSR count). The van der Waals surface area contributed by atoms with Gasteiger partial charge >= 0.3 is 0 Å². The number of nitrogens with one attached hydrogen (secondary N) is 1. The van der Waals surface area contributed by atoms with Crippen LogP contribution in [0.2, 0.25) is 0 Å². The van der Waals surface area contributed by atoms with E-state index in [9.17, 15) is 4.79 Å². The highest BCUT2D eigenvalue weighted by atomic mass is 32.1. The first-order valence-electron chi connectivity index (χ1n) is 8.75. The van der Waals surface area contributed by atoms with E-state index in [-0.39, 0.29) is 5.91 Å². The van der Waals surface area contributed by atoms with Crippen LogP contribution in [0.4, 0.5) is 5.13 Å². The molecule has 0 fully saturated rings. The molecule has 0 spiro atoms. The van der Waals surface area contributed by atoms with Gasteiger partial charge in [-0.1, -0.05) is 37.3 Å². The van der Waals surface area contributed by atoms with Crippen molar-refractivity contribution in [2.45, 2.75) is 38.6 Å². The minimum absolute atomic E-state index is 0.153. The minimum Gasteiger partial charge on any atom is -0.300 e. The Balaban J connectivity index is 1.53. The van der Waals surface area contributed by atoms with Gasteiger partial charge in [-0.15, -0.1) is 16.4 Å². The van der Waals surface area contributed by atoms with Crippen LogP contribution in [0.1, 0.15) is 35.5 Å². The van der Waals surface area contributed by atoms with Gasteiger partial charge in [-0.05, 0) is 41.2 Å². The summed E-state index contributed by atoms with van der Waals surface area (Å²) in [6.45, 7) is 2.26. The smallest absolute Gasteiger partial charge is 0.251 e. The van der Waals surface area contributed by atoms with Crippen LogP contribution < -0.4 is 5.32 Å². The Labute approximate surface area is 155 Å². The Bertz CT molecular complexity index is 876. The molecule has 0 bridgehead atoms. The second-order valence-electron chi connectivity index (χ2n) is 6.72. The monoisotopic (exact) mass is 368 g/mol. The summed E-state index contributed by atoms with van der Waals surface area (Å²) in [5.41, 5.74) is 2.18. The third-order valence-corrected chi connectivity index (χ3v) is 5.71. The molecule has 3 aromatic rings. The van der Waals surface area contributed by atoms with Gasteiger partial charge in [-0.25, -0.2) is 9.67 Å². The van der Waals surface area contributed by atoms with Gasteiger partial charge in [0.1, 0.15) is 12.4 Å². The number of hydrogen-bond acceptors (Lipinski definition) is 6. The number of fused-ring (bicyclic) bond motifs is 1. The normalized spacial score (nSPS) is 17.5. The van der Waals surface area contributed by atoms with E-state index in [1.807, 2.05) is 30.3 Å². The zero-order chi connectivity index (χ0) is 17.9. The van der Waals surface area contributed by atoms with Gasteiger partial charge < -0.3 is 5.32 Å². The molecule has 1 N–H and O–H groups in total. The largest absolute Gasteiger partial charge is 0.300 e. The molecule has 1 aliphatic carbocycles. The third-order valence-electron chi connectivity index (χ3n) is 4.67. The molecular formula is C18H20N6OS. The van der Waals surface area contributed by atoms with Gasteiger partial charge in [-0.3, -0.25) is 4.79 Å². The Kier molecular flexibility index (Phi) is 4.75. The van der Waals surface area contributed by atoms with Crippen molar-refractivity contribution >= 4 is 22.4 Å². The molecule has 8 heteroatoms. The number of amides is 1. The third kappa shape index (κ3) is 3.65. The lowest BCUT2D eigenvalue weighted by Gasteiger charge is -2.15. The molecule has 0 aliphatic heterocycles. The number of rotatable bonds is 5. The average molecular weight is 368 g/mol. The minimum atomic E-state index is -0.521. The second-order valence-corrected chi connectivity index (χ2v) is 7.81. The summed E-state index contributed by atoms with van der Waals surface area (Å²) >= 11 is 1.58. The van der Waals surface area contributed by atoms with E-state index in [2.05, 4.69) is 32.7 Å². The van der Waals surface area contributed by atoms with Crippen LogP contribution >= 0.6 is 11.3 Å². The van der Waals surface area contributed by atoms with Gasteiger partial charge in [0.2, 0.25) is 0 Å². The van der Waals surface area contributed by atoms with Crippen molar-refractivity contribution < 1.29 is 4.79 Å². The van der Waals surface area contributed by atoms with Crippen molar-refractivity contribution in [2.24, 2.45) is 5.92 Å². The van der Waals surface area contributed by atoms with Crippen molar-refractivity contribution in [2.75, 3.05) is 5.32 Å². The van der Waals surface area contributed by atoms with Crippen LogP contribution in [0.5, 0.6) is 0 Å². The zero-order valence-electron chi connectivity index (χ0n) is 14.5. The van der Waals surface area contributed by atoms with Gasteiger partial charge in [0.25, 0.3) is 5.91 Å². The lowest BCUT2D eigenvalue weighted by molar-refractivity contribution is -0.119. The predicted octanol–water partition coefficient (Wildman–Crippen LogP) is 2.68. The maximum absolute atomic E-state index is 12.9. The number of hydrogen-bond donors (Lipinski definition) is 1. The molecule has 134 valence electrons. The van der Waals surface area contributed by atoms with Crippen LogP contribution in [0, 0.1) is 5.92 Å². The molecular weight excluding hydrogens is 348 g/mol. The molecule has 7 nitrogen and oxygen atoms in total. The molecule has 2 aromatic heterocycles. The van der Waals surface area contributed by atoms with Crippen molar-refractivity contribution in [3.05, 3.63) is 52.8 Å². The second kappa shape index (κ2) is 7.33. The number of aromatic nitrogens is 5. The van der Waals surface area contributed by atoms with Crippen LogP contribution in [0.3, 0.4) is 0 Å². The molecule has 1 aromatic carbocycles. The summed E-state index contributed by atoms with van der Waals surface area (Å²) in [5.74, 6) is 0.527. The van der Waals surface area contributed by atoms with E-state index in [0.29, 0.717) is 17.5 Å². The van der Waals surface area contributed by atoms with Gasteiger partial charge in [0.05, 0.1) is 5.69 Å². The first-order chi connectivity index (χ1) is 12.7. The summed E-state index contributed by atoms with van der Waals surface area (Å²) in [6.07, 6.45) is 5.18. The SMILES string of the molecule is C[C@@H]1CCc2nc(NC(=O)[C@H](Cc3ccccc3)n3cnnn3)sc2C1. The van der Waals surface area contributed by atoms with Crippen molar-refractivity contribution in [3.63, 3.8) is 0 Å². The summed E-state index contributed by atoms with van der Waals surface area (Å²) < 4.78 is 1.50. The number of thiazole rings is 1. The highest BCUT2D eigenvalue weighted by molar-refractivity contribution is 7.15. The van der Waals surface area contributed by atoms with Crippen molar-refractivity contribution in [1.82, 2.24) is 25.2 Å².